The number of cyclic esters (lactones) is 1. The van der Waals surface area contributed by atoms with Gasteiger partial charge in [0.05, 0.1) is 6.61 Å². The number of esters is 1. The second kappa shape index (κ2) is 8.18. The van der Waals surface area contributed by atoms with Crippen LogP contribution in [0.4, 0.5) is 4.79 Å². The Morgan fingerprint density at radius 2 is 1.88 bits per heavy atom. The molecule has 1 heterocycles. The summed E-state index contributed by atoms with van der Waals surface area (Å²) in [6, 6.07) is 9.73. The van der Waals surface area contributed by atoms with Gasteiger partial charge in [0.15, 0.2) is 6.04 Å². The highest BCUT2D eigenvalue weighted by Gasteiger charge is 2.50. The molecule has 0 saturated carbocycles. The van der Waals surface area contributed by atoms with E-state index in [-0.39, 0.29) is 11.5 Å². The monoisotopic (exact) mass is 333 g/mol. The van der Waals surface area contributed by atoms with Crippen LogP contribution in [0.3, 0.4) is 0 Å². The first-order valence-corrected chi connectivity index (χ1v) is 8.55. The Balaban J connectivity index is 1.57. The quantitative estimate of drug-likeness (QED) is 0.613. The van der Waals surface area contributed by atoms with E-state index in [4.69, 9.17) is 9.47 Å². The van der Waals surface area contributed by atoms with Gasteiger partial charge in [-0.15, -0.1) is 0 Å². The van der Waals surface area contributed by atoms with Crippen molar-refractivity contribution >= 4 is 12.1 Å². The maximum absolute atomic E-state index is 11.8. The molecule has 0 spiro atoms. The smallest absolute Gasteiger partial charge is 0.407 e. The second-order valence-electron chi connectivity index (χ2n) is 7.28. The molecule has 1 aliphatic rings. The zero-order valence-corrected chi connectivity index (χ0v) is 14.7. The number of benzene rings is 1. The first-order valence-electron chi connectivity index (χ1n) is 8.55. The summed E-state index contributed by atoms with van der Waals surface area (Å²) in [5, 5.41) is 2.60. The Bertz CT molecular complexity index is 550. The summed E-state index contributed by atoms with van der Waals surface area (Å²) < 4.78 is 10.3. The standard InChI is InChI=1S/C19H27NO4/c1-19(2,3)16-15(17(21)24-16)20-18(22)23-13-9-5-8-12-14-10-6-4-7-11-14/h4,6-7,10-11,15-16H,5,8-9,12-13H2,1-3H3,(H,20,22)/t15-,16+/m1/s1. The van der Waals surface area contributed by atoms with E-state index in [1.807, 2.05) is 39.0 Å². The summed E-state index contributed by atoms with van der Waals surface area (Å²) in [4.78, 5) is 23.3. The summed E-state index contributed by atoms with van der Waals surface area (Å²) >= 11 is 0. The molecule has 1 saturated heterocycles. The predicted octanol–water partition coefficient (Wildman–Crippen LogP) is 3.47. The fraction of sp³-hybridized carbons (Fsp3) is 0.579. The zero-order chi connectivity index (χ0) is 17.6. The van der Waals surface area contributed by atoms with Crippen LogP contribution < -0.4 is 5.32 Å². The molecule has 0 aliphatic carbocycles. The molecule has 0 bridgehead atoms. The van der Waals surface area contributed by atoms with Gasteiger partial charge in [0.2, 0.25) is 0 Å². The van der Waals surface area contributed by atoms with E-state index in [1.54, 1.807) is 0 Å². The normalized spacial score (nSPS) is 20.0. The molecule has 0 unspecified atom stereocenters. The lowest BCUT2D eigenvalue weighted by molar-refractivity contribution is -0.188. The van der Waals surface area contributed by atoms with Crippen molar-refractivity contribution in [3.8, 4) is 0 Å². The van der Waals surface area contributed by atoms with Crippen LogP contribution in [0.5, 0.6) is 0 Å². The van der Waals surface area contributed by atoms with Crippen molar-refractivity contribution in [1.82, 2.24) is 5.32 Å². The summed E-state index contributed by atoms with van der Waals surface area (Å²) in [5.41, 5.74) is 1.12. The molecule has 1 fully saturated rings. The van der Waals surface area contributed by atoms with Gasteiger partial charge in [-0.25, -0.2) is 9.59 Å². The third-order valence-electron chi connectivity index (χ3n) is 4.11. The Hall–Kier alpha value is -2.04. The Morgan fingerprint density at radius 1 is 1.17 bits per heavy atom. The van der Waals surface area contributed by atoms with Gasteiger partial charge in [-0.2, -0.15) is 0 Å². The molecule has 1 N–H and O–H groups in total. The highest BCUT2D eigenvalue weighted by molar-refractivity contribution is 5.86. The summed E-state index contributed by atoms with van der Waals surface area (Å²) in [6.45, 7) is 6.27. The number of carbonyl (C=O) groups is 2. The minimum atomic E-state index is -0.601. The summed E-state index contributed by atoms with van der Waals surface area (Å²) in [6.07, 6.45) is 3.07. The van der Waals surface area contributed by atoms with Gasteiger partial charge in [-0.3, -0.25) is 0 Å². The van der Waals surface area contributed by atoms with Crippen LogP contribution in [-0.2, 0) is 20.7 Å². The average Bonchev–Trinajstić information content (AvgIpc) is 2.53. The summed E-state index contributed by atoms with van der Waals surface area (Å²) in [7, 11) is 0. The van der Waals surface area contributed by atoms with Gasteiger partial charge in [0, 0.05) is 5.41 Å². The lowest BCUT2D eigenvalue weighted by Gasteiger charge is -2.42. The van der Waals surface area contributed by atoms with Gasteiger partial charge in [-0.1, -0.05) is 51.1 Å². The fourth-order valence-corrected chi connectivity index (χ4v) is 2.72. The van der Waals surface area contributed by atoms with Crippen molar-refractivity contribution < 1.29 is 19.1 Å². The molecule has 2 atom stereocenters. The number of ether oxygens (including phenoxy) is 2. The van der Waals surface area contributed by atoms with Gasteiger partial charge in [0.1, 0.15) is 6.10 Å². The summed E-state index contributed by atoms with van der Waals surface area (Å²) in [5.74, 6) is -0.394. The molecule has 132 valence electrons. The number of alkyl carbamates (subject to hydrolysis) is 1. The number of nitrogens with one attached hydrogen (secondary N) is 1. The van der Waals surface area contributed by atoms with E-state index in [1.165, 1.54) is 5.56 Å². The minimum absolute atomic E-state index is 0.205. The molecule has 24 heavy (non-hydrogen) atoms. The largest absolute Gasteiger partial charge is 0.457 e. The lowest BCUT2D eigenvalue weighted by Crippen LogP contribution is -2.64. The van der Waals surface area contributed by atoms with E-state index in [0.717, 1.165) is 25.7 Å². The lowest BCUT2D eigenvalue weighted by atomic mass is 9.81. The number of amides is 1. The maximum atomic E-state index is 11.8. The van der Waals surface area contributed by atoms with Crippen LogP contribution in [0.2, 0.25) is 0 Å². The Morgan fingerprint density at radius 3 is 2.50 bits per heavy atom. The van der Waals surface area contributed by atoms with Crippen LogP contribution in [0.25, 0.3) is 0 Å². The van der Waals surface area contributed by atoms with E-state index in [9.17, 15) is 9.59 Å². The van der Waals surface area contributed by atoms with Crippen molar-refractivity contribution in [3.05, 3.63) is 35.9 Å². The molecule has 0 aromatic heterocycles. The van der Waals surface area contributed by atoms with E-state index in [0.29, 0.717) is 6.61 Å². The highest BCUT2D eigenvalue weighted by atomic mass is 16.6. The van der Waals surface area contributed by atoms with Crippen LogP contribution >= 0.6 is 0 Å². The maximum Gasteiger partial charge on any atom is 0.407 e. The van der Waals surface area contributed by atoms with Gasteiger partial charge < -0.3 is 14.8 Å². The third kappa shape index (κ3) is 5.25. The van der Waals surface area contributed by atoms with Crippen molar-refractivity contribution in [3.63, 3.8) is 0 Å². The average molecular weight is 333 g/mol. The fourth-order valence-electron chi connectivity index (χ4n) is 2.72. The number of hydrogen-bond acceptors (Lipinski definition) is 4. The molecule has 1 amide bonds. The molecule has 1 aliphatic heterocycles. The van der Waals surface area contributed by atoms with Crippen LogP contribution in [-0.4, -0.2) is 30.8 Å². The molecule has 5 nitrogen and oxygen atoms in total. The topological polar surface area (TPSA) is 64.6 Å². The first-order chi connectivity index (χ1) is 11.4. The van der Waals surface area contributed by atoms with Crippen LogP contribution in [0.15, 0.2) is 30.3 Å². The number of unbranched alkanes of at least 4 members (excludes halogenated alkanes) is 2. The van der Waals surface area contributed by atoms with Crippen molar-refractivity contribution in [2.75, 3.05) is 6.61 Å². The Kier molecular flexibility index (Phi) is 6.23. The number of rotatable bonds is 7. The minimum Gasteiger partial charge on any atom is -0.457 e. The number of carbonyl (C=O) groups excluding carboxylic acids is 2. The van der Waals surface area contributed by atoms with Gasteiger partial charge in [0.25, 0.3) is 0 Å². The van der Waals surface area contributed by atoms with Crippen molar-refractivity contribution in [2.45, 2.75) is 58.6 Å². The third-order valence-corrected chi connectivity index (χ3v) is 4.11. The molecule has 1 aromatic carbocycles. The predicted molar refractivity (Wildman–Crippen MR) is 91.6 cm³/mol. The molecule has 2 rings (SSSR count). The van der Waals surface area contributed by atoms with Crippen LogP contribution in [0, 0.1) is 5.41 Å². The van der Waals surface area contributed by atoms with Gasteiger partial charge >= 0.3 is 12.1 Å². The first kappa shape index (κ1) is 18.3. The molecular formula is C19H27NO4. The SMILES string of the molecule is CC(C)(C)[C@H]1OC(=O)[C@@H]1NC(=O)OCCCCCc1ccccc1. The molecular weight excluding hydrogens is 306 g/mol. The van der Waals surface area contributed by atoms with E-state index in [2.05, 4.69) is 17.4 Å². The van der Waals surface area contributed by atoms with Crippen molar-refractivity contribution in [1.29, 1.82) is 0 Å². The van der Waals surface area contributed by atoms with Crippen LogP contribution in [0.1, 0.15) is 45.6 Å². The van der Waals surface area contributed by atoms with E-state index >= 15 is 0 Å². The molecule has 0 radical (unpaired) electrons. The number of hydrogen-bond donors (Lipinski definition) is 1. The highest BCUT2D eigenvalue weighted by Crippen LogP contribution is 2.32. The number of aryl methyl sites for hydroxylation is 1. The van der Waals surface area contributed by atoms with Gasteiger partial charge in [-0.05, 0) is 31.2 Å². The Labute approximate surface area is 143 Å². The molecule has 1 aromatic rings. The molecule has 5 heteroatoms. The zero-order valence-electron chi connectivity index (χ0n) is 14.7. The van der Waals surface area contributed by atoms with E-state index < -0.39 is 18.1 Å². The van der Waals surface area contributed by atoms with Crippen molar-refractivity contribution in [2.24, 2.45) is 5.41 Å². The second-order valence-corrected chi connectivity index (χ2v) is 7.28.